The average molecular weight is 563 g/mol. The maximum atomic E-state index is 13.1. The molecule has 38 heavy (non-hydrogen) atoms. The van der Waals surface area contributed by atoms with Crippen LogP contribution in [0.15, 0.2) is 46.0 Å². The molecule has 1 aromatic carbocycles. The molecule has 0 aliphatic heterocycles. The van der Waals surface area contributed by atoms with Gasteiger partial charge in [-0.25, -0.2) is 9.78 Å². The molecule has 1 atom stereocenters. The minimum Gasteiger partial charge on any atom is -0.475 e. The Morgan fingerprint density at radius 3 is 2.32 bits per heavy atom. The van der Waals surface area contributed by atoms with Crippen molar-refractivity contribution in [1.82, 2.24) is 19.9 Å². The van der Waals surface area contributed by atoms with E-state index in [4.69, 9.17) is 25.8 Å². The molecule has 12 heteroatoms. The third kappa shape index (κ3) is 8.84. The number of ether oxygens (including phenoxy) is 3. The van der Waals surface area contributed by atoms with Gasteiger partial charge in [0.1, 0.15) is 30.0 Å². The van der Waals surface area contributed by atoms with Crippen molar-refractivity contribution < 1.29 is 23.8 Å². The summed E-state index contributed by atoms with van der Waals surface area (Å²) in [5.41, 5.74) is 0.773. The summed E-state index contributed by atoms with van der Waals surface area (Å²) in [5.74, 6) is -0.429. The molecule has 0 aliphatic carbocycles. The fourth-order valence-corrected chi connectivity index (χ4v) is 3.92. The van der Waals surface area contributed by atoms with Gasteiger partial charge in [-0.3, -0.25) is 14.2 Å². The van der Waals surface area contributed by atoms with Crippen LogP contribution < -0.4 is 15.6 Å². The summed E-state index contributed by atoms with van der Waals surface area (Å²) in [5, 5.41) is 5.03. The Morgan fingerprint density at radius 2 is 1.74 bits per heavy atom. The number of nitrogens with zero attached hydrogens (tertiary/aromatic N) is 3. The van der Waals surface area contributed by atoms with Gasteiger partial charge in [0.2, 0.25) is 5.88 Å². The maximum absolute atomic E-state index is 13.1. The molecule has 1 N–H and O–H groups in total. The zero-order valence-electron chi connectivity index (χ0n) is 22.1. The zero-order chi connectivity index (χ0) is 28.1. The summed E-state index contributed by atoms with van der Waals surface area (Å²) in [6.45, 7) is 10.1. The number of thiazole rings is 1. The summed E-state index contributed by atoms with van der Waals surface area (Å²) in [4.78, 5) is 46.7. The van der Waals surface area contributed by atoms with Gasteiger partial charge in [-0.1, -0.05) is 23.7 Å². The topological polar surface area (TPSA) is 122 Å². The molecule has 0 saturated heterocycles. The number of benzene rings is 1. The Balaban J connectivity index is 1.88. The SMILES string of the molecule is CC(C)(C)OC(=O)Cn1c(-c2cscn2)nc(OC[C@H](NC(=O)OC(C)(C)C)c2ccc(Cl)cc2)cc1=O. The minimum absolute atomic E-state index is 0.00314. The smallest absolute Gasteiger partial charge is 0.408 e. The quantitative estimate of drug-likeness (QED) is 0.380. The molecular formula is C26H31ClN4O6S. The number of amides is 1. The summed E-state index contributed by atoms with van der Waals surface area (Å²) < 4.78 is 17.8. The highest BCUT2D eigenvalue weighted by molar-refractivity contribution is 7.07. The first-order valence-electron chi connectivity index (χ1n) is 11.8. The number of alkyl carbamates (subject to hydrolysis) is 1. The first-order chi connectivity index (χ1) is 17.7. The van der Waals surface area contributed by atoms with E-state index in [0.717, 1.165) is 0 Å². The molecule has 3 aromatic rings. The second-order valence-electron chi connectivity index (χ2n) is 10.4. The molecule has 1 amide bonds. The standard InChI is InChI=1S/C26H31ClN4O6S/c1-25(2,3)36-22(33)12-31-21(32)11-20(30-23(31)19-14-38-15-28-19)35-13-18(16-7-9-17(27)10-8-16)29-24(34)37-26(4,5)6/h7-11,14-15,18H,12-13H2,1-6H3,(H,29,34)/t18-/m0/s1. The van der Waals surface area contributed by atoms with Crippen molar-refractivity contribution in [1.29, 1.82) is 0 Å². The van der Waals surface area contributed by atoms with E-state index >= 15 is 0 Å². The van der Waals surface area contributed by atoms with Crippen molar-refractivity contribution in [2.45, 2.75) is 65.3 Å². The van der Waals surface area contributed by atoms with Crippen LogP contribution in [-0.4, -0.2) is 44.4 Å². The second-order valence-corrected chi connectivity index (χ2v) is 11.5. The Morgan fingerprint density at radius 1 is 1.08 bits per heavy atom. The predicted octanol–water partition coefficient (Wildman–Crippen LogP) is 5.01. The molecule has 0 bridgehead atoms. The van der Waals surface area contributed by atoms with Crippen molar-refractivity contribution in [3.63, 3.8) is 0 Å². The zero-order valence-corrected chi connectivity index (χ0v) is 23.7. The maximum Gasteiger partial charge on any atom is 0.408 e. The second kappa shape index (κ2) is 12.0. The molecule has 2 aromatic heterocycles. The van der Waals surface area contributed by atoms with Crippen LogP contribution in [0.1, 0.15) is 53.1 Å². The third-order valence-corrected chi connectivity index (χ3v) is 5.55. The normalized spacial score (nSPS) is 12.5. The molecule has 0 saturated carbocycles. The average Bonchev–Trinajstić information content (AvgIpc) is 3.31. The van der Waals surface area contributed by atoms with E-state index in [9.17, 15) is 14.4 Å². The van der Waals surface area contributed by atoms with E-state index in [-0.39, 0.29) is 24.9 Å². The highest BCUT2D eigenvalue weighted by Gasteiger charge is 2.23. The highest BCUT2D eigenvalue weighted by atomic mass is 35.5. The van der Waals surface area contributed by atoms with Gasteiger partial charge in [-0.15, -0.1) is 11.3 Å². The van der Waals surface area contributed by atoms with Crippen molar-refractivity contribution >= 4 is 35.0 Å². The number of rotatable bonds is 8. The number of carbonyl (C=O) groups is 2. The molecule has 0 unspecified atom stereocenters. The Labute approximate surface area is 229 Å². The Kier molecular flexibility index (Phi) is 9.16. The van der Waals surface area contributed by atoms with Crippen molar-refractivity contribution in [2.24, 2.45) is 0 Å². The molecular weight excluding hydrogens is 532 g/mol. The first kappa shape index (κ1) is 29.1. The lowest BCUT2D eigenvalue weighted by atomic mass is 10.1. The molecule has 10 nitrogen and oxygen atoms in total. The van der Waals surface area contributed by atoms with Crippen LogP contribution in [0.2, 0.25) is 5.02 Å². The van der Waals surface area contributed by atoms with Crippen molar-refractivity contribution in [3.8, 4) is 17.4 Å². The highest BCUT2D eigenvalue weighted by Crippen LogP contribution is 2.22. The lowest BCUT2D eigenvalue weighted by Crippen LogP contribution is -2.37. The van der Waals surface area contributed by atoms with Gasteiger partial charge < -0.3 is 19.5 Å². The molecule has 0 aliphatic rings. The number of halogens is 1. The summed E-state index contributed by atoms with van der Waals surface area (Å²) in [6, 6.07) is 7.41. The van der Waals surface area contributed by atoms with Crippen LogP contribution in [0.3, 0.4) is 0 Å². The van der Waals surface area contributed by atoms with E-state index < -0.39 is 34.9 Å². The minimum atomic E-state index is -0.713. The van der Waals surface area contributed by atoms with E-state index in [1.54, 1.807) is 76.7 Å². The third-order valence-electron chi connectivity index (χ3n) is 4.71. The first-order valence-corrected chi connectivity index (χ1v) is 13.1. The van der Waals surface area contributed by atoms with Gasteiger partial charge in [-0.05, 0) is 59.2 Å². The monoisotopic (exact) mass is 562 g/mol. The number of nitrogens with one attached hydrogen (secondary N) is 1. The summed E-state index contributed by atoms with van der Waals surface area (Å²) >= 11 is 7.34. The number of aromatic nitrogens is 3. The van der Waals surface area contributed by atoms with E-state index in [1.165, 1.54) is 22.0 Å². The van der Waals surface area contributed by atoms with Gasteiger partial charge in [0, 0.05) is 10.4 Å². The summed E-state index contributed by atoms with van der Waals surface area (Å²) in [7, 11) is 0. The number of esters is 1. The lowest BCUT2D eigenvalue weighted by molar-refractivity contribution is -0.155. The summed E-state index contributed by atoms with van der Waals surface area (Å²) in [6.07, 6.45) is -0.634. The largest absolute Gasteiger partial charge is 0.475 e. The number of hydrogen-bond donors (Lipinski definition) is 1. The van der Waals surface area contributed by atoms with Crippen molar-refractivity contribution in [2.75, 3.05) is 6.61 Å². The van der Waals surface area contributed by atoms with Crippen molar-refractivity contribution in [3.05, 3.63) is 62.2 Å². The lowest BCUT2D eigenvalue weighted by Gasteiger charge is -2.24. The molecule has 3 rings (SSSR count). The molecule has 2 heterocycles. The van der Waals surface area contributed by atoms with Crippen LogP contribution in [0.25, 0.3) is 11.5 Å². The fourth-order valence-electron chi connectivity index (χ4n) is 3.27. The molecule has 0 spiro atoms. The van der Waals surface area contributed by atoms with Crippen LogP contribution in [-0.2, 0) is 20.8 Å². The molecule has 0 fully saturated rings. The van der Waals surface area contributed by atoms with Gasteiger partial charge >= 0.3 is 12.1 Å². The van der Waals surface area contributed by atoms with Crippen LogP contribution in [0.4, 0.5) is 4.79 Å². The van der Waals surface area contributed by atoms with Crippen LogP contribution in [0.5, 0.6) is 5.88 Å². The van der Waals surface area contributed by atoms with Gasteiger partial charge in [0.05, 0.1) is 17.6 Å². The van der Waals surface area contributed by atoms with Crippen LogP contribution in [0, 0.1) is 0 Å². The van der Waals surface area contributed by atoms with E-state index in [1.807, 2.05) is 0 Å². The predicted molar refractivity (Wildman–Crippen MR) is 145 cm³/mol. The fraction of sp³-hybridized carbons (Fsp3) is 0.423. The van der Waals surface area contributed by atoms with E-state index in [2.05, 4.69) is 15.3 Å². The van der Waals surface area contributed by atoms with Crippen LogP contribution >= 0.6 is 22.9 Å². The van der Waals surface area contributed by atoms with Gasteiger partial charge in [0.25, 0.3) is 5.56 Å². The molecule has 204 valence electrons. The Bertz CT molecular complexity index is 1310. The molecule has 0 radical (unpaired) electrons. The van der Waals surface area contributed by atoms with E-state index in [0.29, 0.717) is 16.3 Å². The van der Waals surface area contributed by atoms with Gasteiger partial charge in [0.15, 0.2) is 5.82 Å². The number of carbonyl (C=O) groups excluding carboxylic acids is 2. The Hall–Kier alpha value is -3.44. The van der Waals surface area contributed by atoms with Gasteiger partial charge in [-0.2, -0.15) is 4.98 Å². The number of hydrogen-bond acceptors (Lipinski definition) is 9.